The van der Waals surface area contributed by atoms with E-state index in [0.29, 0.717) is 0 Å². The molecule has 0 N–H and O–H groups in total. The van der Waals surface area contributed by atoms with E-state index in [1.165, 1.54) is 10.8 Å². The third kappa shape index (κ3) is 4.01. The van der Waals surface area contributed by atoms with E-state index in [1.54, 1.807) is 0 Å². The Hall–Kier alpha value is -2.63. The minimum absolute atomic E-state index is 0.410. The third-order valence-corrected chi connectivity index (χ3v) is 9.11. The van der Waals surface area contributed by atoms with Crippen LogP contribution in [0.3, 0.4) is 0 Å². The van der Waals surface area contributed by atoms with Gasteiger partial charge in [-0.25, -0.2) is 0 Å². The van der Waals surface area contributed by atoms with Crippen LogP contribution in [0, 0.1) is 0 Å². The van der Waals surface area contributed by atoms with Crippen molar-refractivity contribution in [2.24, 2.45) is 0 Å². The quantitative estimate of drug-likeness (QED) is 0.308. The van der Waals surface area contributed by atoms with Crippen LogP contribution in [0.4, 0.5) is 0 Å². The molecule has 2 fully saturated rings. The molecule has 4 aromatic carbocycles. The maximum atomic E-state index is 6.47. The van der Waals surface area contributed by atoms with Gasteiger partial charge in [-0.1, -0.05) is 72.8 Å². The van der Waals surface area contributed by atoms with Gasteiger partial charge in [-0.05, 0) is 99.0 Å². The first-order valence-corrected chi connectivity index (χ1v) is 13.6. The van der Waals surface area contributed by atoms with E-state index in [1.807, 2.05) is 0 Å². The molecule has 6 rings (SSSR count). The minimum atomic E-state index is -0.444. The van der Waals surface area contributed by atoms with Crippen molar-refractivity contribution in [1.29, 1.82) is 0 Å². The standard InChI is InChI=1S/C32H36B2O4/c1-29(2)30(3,4)36-33(35-29)23-17-21-13-9-11-15-25(21)27(19-23)28-20-24(18-22-14-10-12-16-26(22)28)34-37-31(5,6)32(7,8)38-34/h9-20H,1-8H3. The molecule has 0 spiro atoms. The molecule has 0 atom stereocenters. The Kier molecular flexibility index (Phi) is 5.69. The Bertz CT molecular complexity index is 1410. The van der Waals surface area contributed by atoms with Crippen LogP contribution in [-0.4, -0.2) is 36.6 Å². The van der Waals surface area contributed by atoms with Crippen molar-refractivity contribution in [3.8, 4) is 11.1 Å². The van der Waals surface area contributed by atoms with Gasteiger partial charge in [0.1, 0.15) is 0 Å². The van der Waals surface area contributed by atoms with Crippen LogP contribution >= 0.6 is 0 Å². The topological polar surface area (TPSA) is 36.9 Å². The number of fused-ring (bicyclic) bond motifs is 2. The largest absolute Gasteiger partial charge is 0.494 e. The van der Waals surface area contributed by atoms with Crippen molar-refractivity contribution in [3.05, 3.63) is 72.8 Å². The highest BCUT2D eigenvalue weighted by molar-refractivity contribution is 6.63. The maximum absolute atomic E-state index is 6.47. The zero-order chi connectivity index (χ0) is 27.1. The molecule has 6 heteroatoms. The Morgan fingerprint density at radius 1 is 0.447 bits per heavy atom. The van der Waals surface area contributed by atoms with Gasteiger partial charge in [0.2, 0.25) is 0 Å². The van der Waals surface area contributed by atoms with Crippen LogP contribution in [-0.2, 0) is 18.6 Å². The fraction of sp³-hybridized carbons (Fsp3) is 0.375. The van der Waals surface area contributed by atoms with Crippen LogP contribution in [0.1, 0.15) is 55.4 Å². The van der Waals surface area contributed by atoms with Gasteiger partial charge in [-0.3, -0.25) is 0 Å². The molecule has 0 unspecified atom stereocenters. The lowest BCUT2D eigenvalue weighted by Gasteiger charge is -2.32. The second-order valence-corrected chi connectivity index (χ2v) is 12.8. The van der Waals surface area contributed by atoms with Crippen LogP contribution in [0.15, 0.2) is 72.8 Å². The Morgan fingerprint density at radius 3 is 1.11 bits per heavy atom. The molecule has 2 saturated heterocycles. The molecular formula is C32H36B2O4. The summed E-state index contributed by atoms with van der Waals surface area (Å²) in [6.07, 6.45) is 0. The molecule has 2 aliphatic heterocycles. The first-order chi connectivity index (χ1) is 17.8. The average Bonchev–Trinajstić information content (AvgIpc) is 3.22. The van der Waals surface area contributed by atoms with E-state index in [2.05, 4.69) is 128 Å². The molecule has 4 aromatic rings. The first kappa shape index (κ1) is 25.6. The monoisotopic (exact) mass is 506 g/mol. The summed E-state index contributed by atoms with van der Waals surface area (Å²) in [5, 5.41) is 4.67. The highest BCUT2D eigenvalue weighted by Gasteiger charge is 2.53. The molecule has 0 bridgehead atoms. The van der Waals surface area contributed by atoms with Crippen molar-refractivity contribution in [2.45, 2.75) is 77.8 Å². The predicted molar refractivity (Wildman–Crippen MR) is 158 cm³/mol. The van der Waals surface area contributed by atoms with Crippen molar-refractivity contribution in [3.63, 3.8) is 0 Å². The van der Waals surface area contributed by atoms with Gasteiger partial charge >= 0.3 is 14.2 Å². The summed E-state index contributed by atoms with van der Waals surface area (Å²) in [4.78, 5) is 0. The number of benzene rings is 4. The second kappa shape index (κ2) is 8.43. The molecule has 0 aliphatic carbocycles. The van der Waals surface area contributed by atoms with Crippen LogP contribution < -0.4 is 10.9 Å². The molecule has 38 heavy (non-hydrogen) atoms. The van der Waals surface area contributed by atoms with Gasteiger partial charge in [0.05, 0.1) is 22.4 Å². The van der Waals surface area contributed by atoms with E-state index in [-0.39, 0.29) is 0 Å². The van der Waals surface area contributed by atoms with Gasteiger partial charge < -0.3 is 18.6 Å². The predicted octanol–water partition coefficient (Wildman–Crippen LogP) is 6.26. The summed E-state index contributed by atoms with van der Waals surface area (Å²) in [6, 6.07) is 25.9. The second-order valence-electron chi connectivity index (χ2n) is 12.8. The summed E-state index contributed by atoms with van der Waals surface area (Å²) in [5.74, 6) is 0. The summed E-state index contributed by atoms with van der Waals surface area (Å²) < 4.78 is 25.9. The van der Waals surface area contributed by atoms with Gasteiger partial charge in [-0.15, -0.1) is 0 Å². The lowest BCUT2D eigenvalue weighted by molar-refractivity contribution is 0.00578. The van der Waals surface area contributed by atoms with Crippen molar-refractivity contribution in [1.82, 2.24) is 0 Å². The molecule has 194 valence electrons. The number of hydrogen-bond acceptors (Lipinski definition) is 4. The molecule has 0 saturated carbocycles. The summed E-state index contributed by atoms with van der Waals surface area (Å²) in [6.45, 7) is 16.8. The van der Waals surface area contributed by atoms with E-state index in [4.69, 9.17) is 18.6 Å². The van der Waals surface area contributed by atoms with Gasteiger partial charge in [0.15, 0.2) is 0 Å². The Labute approximate surface area is 226 Å². The fourth-order valence-corrected chi connectivity index (χ4v) is 5.34. The smallest absolute Gasteiger partial charge is 0.399 e. The molecular weight excluding hydrogens is 470 g/mol. The number of hydrogen-bond donors (Lipinski definition) is 0. The first-order valence-electron chi connectivity index (χ1n) is 13.6. The molecule has 0 radical (unpaired) electrons. The van der Waals surface area contributed by atoms with E-state index in [0.717, 1.165) is 32.8 Å². The normalized spacial score (nSPS) is 21.5. The highest BCUT2D eigenvalue weighted by Crippen LogP contribution is 2.40. The Balaban J connectivity index is 1.56. The van der Waals surface area contributed by atoms with Gasteiger partial charge in [0.25, 0.3) is 0 Å². The summed E-state index contributed by atoms with van der Waals surface area (Å²) >= 11 is 0. The van der Waals surface area contributed by atoms with Crippen molar-refractivity contribution in [2.75, 3.05) is 0 Å². The van der Waals surface area contributed by atoms with Crippen LogP contribution in [0.2, 0.25) is 0 Å². The third-order valence-electron chi connectivity index (χ3n) is 9.11. The van der Waals surface area contributed by atoms with Crippen LogP contribution in [0.25, 0.3) is 32.7 Å². The van der Waals surface area contributed by atoms with Crippen molar-refractivity contribution >= 4 is 46.7 Å². The maximum Gasteiger partial charge on any atom is 0.494 e. The summed E-state index contributed by atoms with van der Waals surface area (Å²) in [7, 11) is -0.887. The molecule has 0 amide bonds. The van der Waals surface area contributed by atoms with Gasteiger partial charge in [-0.2, -0.15) is 0 Å². The lowest BCUT2D eigenvalue weighted by Crippen LogP contribution is -2.41. The molecule has 0 aromatic heterocycles. The molecule has 2 heterocycles. The number of rotatable bonds is 3. The van der Waals surface area contributed by atoms with Gasteiger partial charge in [0, 0.05) is 0 Å². The van der Waals surface area contributed by atoms with Crippen molar-refractivity contribution < 1.29 is 18.6 Å². The van der Waals surface area contributed by atoms with E-state index < -0.39 is 36.6 Å². The molecule has 4 nitrogen and oxygen atoms in total. The molecule has 2 aliphatic rings. The fourth-order valence-electron chi connectivity index (χ4n) is 5.34. The highest BCUT2D eigenvalue weighted by atomic mass is 16.7. The zero-order valence-corrected chi connectivity index (χ0v) is 23.7. The lowest BCUT2D eigenvalue weighted by atomic mass is 9.74. The SMILES string of the molecule is CC1(C)OB(c2cc(-c3cc(B4OC(C)(C)C(C)(C)O4)cc4ccccc34)c3ccccc3c2)OC1(C)C. The zero-order valence-electron chi connectivity index (χ0n) is 23.7. The van der Waals surface area contributed by atoms with Crippen LogP contribution in [0.5, 0.6) is 0 Å². The Morgan fingerprint density at radius 2 is 0.763 bits per heavy atom. The average molecular weight is 506 g/mol. The van der Waals surface area contributed by atoms with E-state index in [9.17, 15) is 0 Å². The summed E-state index contributed by atoms with van der Waals surface area (Å²) in [5.41, 5.74) is 2.68. The van der Waals surface area contributed by atoms with E-state index >= 15 is 0 Å². The minimum Gasteiger partial charge on any atom is -0.399 e.